The molecule has 1 saturated heterocycles. The summed E-state index contributed by atoms with van der Waals surface area (Å²) in [6.07, 6.45) is 1.57. The van der Waals surface area contributed by atoms with Crippen molar-refractivity contribution in [2.75, 3.05) is 22.8 Å². The lowest BCUT2D eigenvalue weighted by Crippen LogP contribution is -2.25. The molecule has 3 rings (SSSR count). The van der Waals surface area contributed by atoms with Crippen molar-refractivity contribution in [2.24, 2.45) is 0 Å². The highest BCUT2D eigenvalue weighted by atomic mass is 32.2. The Morgan fingerprint density at radius 1 is 1.23 bits per heavy atom. The minimum absolute atomic E-state index is 0.00829. The van der Waals surface area contributed by atoms with E-state index in [0.717, 1.165) is 6.42 Å². The van der Waals surface area contributed by atoms with E-state index >= 15 is 0 Å². The summed E-state index contributed by atoms with van der Waals surface area (Å²) < 4.78 is 34.0. The van der Waals surface area contributed by atoms with Crippen LogP contribution in [0.3, 0.4) is 0 Å². The van der Waals surface area contributed by atoms with Gasteiger partial charge in [-0.3, -0.25) is 14.3 Å². The van der Waals surface area contributed by atoms with E-state index in [1.165, 1.54) is 12.1 Å². The number of aliphatic carboxylic acids is 1. The summed E-state index contributed by atoms with van der Waals surface area (Å²) in [5.74, 6) is -0.414. The number of anilines is 2. The number of ether oxygens (including phenoxy) is 1. The first-order chi connectivity index (χ1) is 14.3. The van der Waals surface area contributed by atoms with Crippen LogP contribution < -0.4 is 14.4 Å². The molecule has 30 heavy (non-hydrogen) atoms. The first-order valence-corrected chi connectivity index (χ1v) is 11.1. The van der Waals surface area contributed by atoms with E-state index in [2.05, 4.69) is 4.72 Å². The summed E-state index contributed by atoms with van der Waals surface area (Å²) >= 11 is 0. The topological polar surface area (TPSA) is 113 Å². The van der Waals surface area contributed by atoms with Gasteiger partial charge in [-0.25, -0.2) is 8.42 Å². The van der Waals surface area contributed by atoms with E-state index in [4.69, 9.17) is 9.84 Å². The van der Waals surface area contributed by atoms with Crippen LogP contribution in [0.1, 0.15) is 31.2 Å². The number of rotatable bonds is 9. The summed E-state index contributed by atoms with van der Waals surface area (Å²) in [5.41, 5.74) is 1.51. The Hall–Kier alpha value is -3.07. The van der Waals surface area contributed by atoms with Crippen molar-refractivity contribution >= 4 is 33.3 Å². The van der Waals surface area contributed by atoms with Crippen LogP contribution >= 0.6 is 0 Å². The van der Waals surface area contributed by atoms with Crippen LogP contribution in [-0.2, 0) is 19.6 Å². The molecule has 9 heteroatoms. The molecule has 1 aliphatic heterocycles. The highest BCUT2D eigenvalue weighted by Gasteiger charge is 2.25. The second-order valence-corrected chi connectivity index (χ2v) is 8.73. The molecule has 0 bridgehead atoms. The van der Waals surface area contributed by atoms with E-state index in [-0.39, 0.29) is 23.8 Å². The number of carbonyl (C=O) groups excluding carboxylic acids is 1. The highest BCUT2D eigenvalue weighted by molar-refractivity contribution is 7.92. The van der Waals surface area contributed by atoms with E-state index in [9.17, 15) is 18.0 Å². The van der Waals surface area contributed by atoms with Crippen molar-refractivity contribution in [3.8, 4) is 5.75 Å². The molecule has 1 heterocycles. The number of carboxylic acid groups (broad SMARTS) is 1. The van der Waals surface area contributed by atoms with E-state index in [0.29, 0.717) is 42.1 Å². The third-order valence-electron chi connectivity index (χ3n) is 4.76. The van der Waals surface area contributed by atoms with Gasteiger partial charge in [0.1, 0.15) is 5.75 Å². The number of hydrogen-bond donors (Lipinski definition) is 2. The maximum absolute atomic E-state index is 12.9. The molecule has 1 amide bonds. The summed E-state index contributed by atoms with van der Waals surface area (Å²) in [6.45, 7) is 2.52. The van der Waals surface area contributed by atoms with Crippen LogP contribution in [0.4, 0.5) is 11.4 Å². The average Bonchev–Trinajstić information content (AvgIpc) is 3.12. The van der Waals surface area contributed by atoms with Gasteiger partial charge in [-0.1, -0.05) is 12.1 Å². The molecule has 1 fully saturated rings. The van der Waals surface area contributed by atoms with E-state index in [1.807, 2.05) is 0 Å². The Labute approximate surface area is 175 Å². The fourth-order valence-corrected chi connectivity index (χ4v) is 4.42. The van der Waals surface area contributed by atoms with Crippen molar-refractivity contribution in [1.82, 2.24) is 0 Å². The molecule has 0 atom stereocenters. The molecule has 2 N–H and O–H groups in total. The number of aryl methyl sites for hydroxylation is 1. The number of nitrogens with one attached hydrogen (secondary N) is 1. The predicted molar refractivity (Wildman–Crippen MR) is 112 cm³/mol. The molecular formula is C21H24N2O6S. The lowest BCUT2D eigenvalue weighted by molar-refractivity contribution is -0.137. The van der Waals surface area contributed by atoms with Crippen molar-refractivity contribution in [3.05, 3.63) is 48.0 Å². The normalized spacial score (nSPS) is 14.0. The van der Waals surface area contributed by atoms with Crippen LogP contribution in [0, 0.1) is 6.92 Å². The third kappa shape index (κ3) is 5.10. The second-order valence-electron chi connectivity index (χ2n) is 7.04. The highest BCUT2D eigenvalue weighted by Crippen LogP contribution is 2.31. The Morgan fingerprint density at radius 2 is 2.00 bits per heavy atom. The maximum Gasteiger partial charge on any atom is 0.303 e. The first kappa shape index (κ1) is 21.6. The molecule has 160 valence electrons. The SMILES string of the molecule is Cc1cc(S(=O)(=O)Nc2ccccc2N2CCCC2=O)ccc1OCCCC(=O)O. The predicted octanol–water partition coefficient (Wildman–Crippen LogP) is 3.17. The van der Waals surface area contributed by atoms with Crippen LogP contribution in [0.2, 0.25) is 0 Å². The van der Waals surface area contributed by atoms with Gasteiger partial charge in [0.15, 0.2) is 0 Å². The quantitative estimate of drug-likeness (QED) is 0.589. The van der Waals surface area contributed by atoms with Crippen LogP contribution in [0.5, 0.6) is 5.75 Å². The van der Waals surface area contributed by atoms with Gasteiger partial charge in [0, 0.05) is 19.4 Å². The van der Waals surface area contributed by atoms with Crippen molar-refractivity contribution in [1.29, 1.82) is 0 Å². The van der Waals surface area contributed by atoms with Gasteiger partial charge in [0.05, 0.1) is 22.9 Å². The summed E-state index contributed by atoms with van der Waals surface area (Å²) in [4.78, 5) is 24.3. The molecule has 8 nitrogen and oxygen atoms in total. The van der Waals surface area contributed by atoms with E-state index in [1.54, 1.807) is 42.2 Å². The Morgan fingerprint density at radius 3 is 2.67 bits per heavy atom. The monoisotopic (exact) mass is 432 g/mol. The van der Waals surface area contributed by atoms with Crippen molar-refractivity contribution < 1.29 is 27.9 Å². The minimum Gasteiger partial charge on any atom is -0.493 e. The minimum atomic E-state index is -3.88. The lowest BCUT2D eigenvalue weighted by atomic mass is 10.2. The average molecular weight is 432 g/mol. The summed E-state index contributed by atoms with van der Waals surface area (Å²) in [7, 11) is -3.88. The third-order valence-corrected chi connectivity index (χ3v) is 6.13. The molecule has 0 saturated carbocycles. The largest absolute Gasteiger partial charge is 0.493 e. The molecular weight excluding hydrogens is 408 g/mol. The molecule has 1 aliphatic rings. The maximum atomic E-state index is 12.9. The number of amides is 1. The molecule has 0 aliphatic carbocycles. The Balaban J connectivity index is 1.76. The van der Waals surface area contributed by atoms with Gasteiger partial charge in [-0.05, 0) is 55.7 Å². The van der Waals surface area contributed by atoms with Crippen molar-refractivity contribution in [2.45, 2.75) is 37.5 Å². The molecule has 0 unspecified atom stereocenters. The molecule has 0 aromatic heterocycles. The molecule has 0 spiro atoms. The molecule has 2 aromatic carbocycles. The second kappa shape index (κ2) is 9.17. The first-order valence-electron chi connectivity index (χ1n) is 9.65. The number of hydrogen-bond acceptors (Lipinski definition) is 5. The fourth-order valence-electron chi connectivity index (χ4n) is 3.26. The lowest BCUT2D eigenvalue weighted by Gasteiger charge is -2.20. The number of benzene rings is 2. The fraction of sp³-hybridized carbons (Fsp3) is 0.333. The number of carbonyl (C=O) groups is 2. The van der Waals surface area contributed by atoms with Gasteiger partial charge < -0.3 is 14.7 Å². The standard InChI is InChI=1S/C21H24N2O6S/c1-15-14-16(10-11-19(15)29-13-5-9-21(25)26)30(27,28)22-17-6-2-3-7-18(17)23-12-4-8-20(23)24/h2-3,6-7,10-11,14,22H,4-5,8-9,12-13H2,1H3,(H,25,26). The van der Waals surface area contributed by atoms with Gasteiger partial charge in [-0.2, -0.15) is 0 Å². The molecule has 0 radical (unpaired) electrons. The molecule has 2 aromatic rings. The number of sulfonamides is 1. The Bertz CT molecular complexity index is 1050. The smallest absolute Gasteiger partial charge is 0.303 e. The number of para-hydroxylation sites is 2. The number of carboxylic acids is 1. The van der Waals surface area contributed by atoms with Crippen molar-refractivity contribution in [3.63, 3.8) is 0 Å². The summed E-state index contributed by atoms with van der Waals surface area (Å²) in [5, 5.41) is 8.66. The van der Waals surface area contributed by atoms with Gasteiger partial charge in [0.25, 0.3) is 10.0 Å². The van der Waals surface area contributed by atoms with Crippen LogP contribution in [-0.4, -0.2) is 38.6 Å². The van der Waals surface area contributed by atoms with Crippen LogP contribution in [0.15, 0.2) is 47.4 Å². The zero-order chi connectivity index (χ0) is 21.7. The van der Waals surface area contributed by atoms with Crippen LogP contribution in [0.25, 0.3) is 0 Å². The van der Waals surface area contributed by atoms with Gasteiger partial charge >= 0.3 is 5.97 Å². The zero-order valence-electron chi connectivity index (χ0n) is 16.6. The van der Waals surface area contributed by atoms with Gasteiger partial charge in [-0.15, -0.1) is 0 Å². The summed E-state index contributed by atoms with van der Waals surface area (Å²) in [6, 6.07) is 11.3. The zero-order valence-corrected chi connectivity index (χ0v) is 17.4. The van der Waals surface area contributed by atoms with Gasteiger partial charge in [0.2, 0.25) is 5.91 Å². The van der Waals surface area contributed by atoms with E-state index < -0.39 is 16.0 Å². The Kier molecular flexibility index (Phi) is 6.61. The number of nitrogens with zero attached hydrogens (tertiary/aromatic N) is 1.